The van der Waals surface area contributed by atoms with Crippen LogP contribution in [-0.4, -0.2) is 6.36 Å². The van der Waals surface area contributed by atoms with Crippen molar-refractivity contribution in [3.8, 4) is 17.6 Å². The summed E-state index contributed by atoms with van der Waals surface area (Å²) in [5.41, 5.74) is 1.41. The topological polar surface area (TPSA) is 9.23 Å². The Morgan fingerprint density at radius 2 is 1.62 bits per heavy atom. The van der Waals surface area contributed by atoms with Crippen molar-refractivity contribution in [2.75, 3.05) is 0 Å². The van der Waals surface area contributed by atoms with Gasteiger partial charge >= 0.3 is 6.36 Å². The Morgan fingerprint density at radius 1 is 0.892 bits per heavy atom. The lowest BCUT2D eigenvalue weighted by molar-refractivity contribution is -0.275. The first-order chi connectivity index (χ1) is 17.7. The number of benzene rings is 3. The predicted octanol–water partition coefficient (Wildman–Crippen LogP) is 9.12. The van der Waals surface area contributed by atoms with E-state index in [2.05, 4.69) is 23.2 Å². The molecular formula is C31H29F5O. The van der Waals surface area contributed by atoms with E-state index in [0.717, 1.165) is 48.6 Å². The summed E-state index contributed by atoms with van der Waals surface area (Å²) in [6.07, 6.45) is 6.59. The van der Waals surface area contributed by atoms with Crippen LogP contribution in [0, 0.1) is 35.3 Å². The summed E-state index contributed by atoms with van der Waals surface area (Å²) in [5, 5.41) is 1.23. The van der Waals surface area contributed by atoms with Crippen molar-refractivity contribution in [2.24, 2.45) is 11.8 Å². The highest BCUT2D eigenvalue weighted by molar-refractivity contribution is 5.85. The number of rotatable bonds is 7. The number of aryl methyl sites for hydroxylation is 1. The number of fused-ring (bicyclic) bond motifs is 1. The Balaban J connectivity index is 1.40. The van der Waals surface area contributed by atoms with E-state index in [0.29, 0.717) is 5.39 Å². The van der Waals surface area contributed by atoms with Crippen LogP contribution in [0.1, 0.15) is 61.6 Å². The van der Waals surface area contributed by atoms with Gasteiger partial charge in [0.2, 0.25) is 0 Å². The molecule has 1 saturated carbocycles. The van der Waals surface area contributed by atoms with Crippen molar-refractivity contribution >= 4 is 10.8 Å². The van der Waals surface area contributed by atoms with Crippen LogP contribution in [0.4, 0.5) is 22.0 Å². The van der Waals surface area contributed by atoms with Crippen LogP contribution in [0.3, 0.4) is 0 Å². The first-order valence-corrected chi connectivity index (χ1v) is 12.6. The maximum Gasteiger partial charge on any atom is 0.573 e. The fourth-order valence-corrected chi connectivity index (χ4v) is 5.05. The molecule has 0 atom stereocenters. The van der Waals surface area contributed by atoms with E-state index in [4.69, 9.17) is 0 Å². The zero-order chi connectivity index (χ0) is 26.4. The van der Waals surface area contributed by atoms with Crippen LogP contribution in [0.25, 0.3) is 10.8 Å². The van der Waals surface area contributed by atoms with Crippen molar-refractivity contribution in [3.05, 3.63) is 89.5 Å². The smallest absolute Gasteiger partial charge is 0.403 e. The highest BCUT2D eigenvalue weighted by atomic mass is 19.4. The summed E-state index contributed by atoms with van der Waals surface area (Å²) >= 11 is 0. The molecule has 0 aliphatic heterocycles. The van der Waals surface area contributed by atoms with Crippen molar-refractivity contribution in [2.45, 2.75) is 57.7 Å². The first kappa shape index (κ1) is 26.7. The van der Waals surface area contributed by atoms with Gasteiger partial charge < -0.3 is 4.74 Å². The highest BCUT2D eigenvalue weighted by Crippen LogP contribution is 2.34. The number of halogens is 5. The van der Waals surface area contributed by atoms with E-state index in [1.807, 2.05) is 18.2 Å². The van der Waals surface area contributed by atoms with Crippen LogP contribution in [0.15, 0.2) is 61.2 Å². The summed E-state index contributed by atoms with van der Waals surface area (Å²) in [4.78, 5) is 0. The van der Waals surface area contributed by atoms with Crippen molar-refractivity contribution in [1.82, 2.24) is 0 Å². The SMILES string of the molecule is C=CCCC1CCC(CCc2ccc3c(F)c(C#Cc4ccc(OC(F)(F)F)c(F)c4)ccc3c2)CC1. The molecule has 37 heavy (non-hydrogen) atoms. The van der Waals surface area contributed by atoms with Crippen LogP contribution in [-0.2, 0) is 6.42 Å². The monoisotopic (exact) mass is 512 g/mol. The molecule has 0 heterocycles. The summed E-state index contributed by atoms with van der Waals surface area (Å²) in [5.74, 6) is 4.21. The van der Waals surface area contributed by atoms with Crippen molar-refractivity contribution in [3.63, 3.8) is 0 Å². The average Bonchev–Trinajstić information content (AvgIpc) is 2.87. The van der Waals surface area contributed by atoms with Gasteiger partial charge in [0.05, 0.1) is 5.56 Å². The summed E-state index contributed by atoms with van der Waals surface area (Å²) in [6, 6.07) is 12.0. The molecule has 0 bridgehead atoms. The van der Waals surface area contributed by atoms with Gasteiger partial charge in [-0.3, -0.25) is 0 Å². The Morgan fingerprint density at radius 3 is 2.30 bits per heavy atom. The lowest BCUT2D eigenvalue weighted by Gasteiger charge is -2.28. The zero-order valence-corrected chi connectivity index (χ0v) is 20.5. The van der Waals surface area contributed by atoms with E-state index in [1.165, 1.54) is 43.7 Å². The maximum atomic E-state index is 15.1. The van der Waals surface area contributed by atoms with E-state index in [-0.39, 0.29) is 11.1 Å². The van der Waals surface area contributed by atoms with Crippen LogP contribution >= 0.6 is 0 Å². The van der Waals surface area contributed by atoms with E-state index >= 15 is 4.39 Å². The Labute approximate surface area is 214 Å². The van der Waals surface area contributed by atoms with E-state index in [1.54, 1.807) is 18.2 Å². The molecule has 0 radical (unpaired) electrons. The van der Waals surface area contributed by atoms with Gasteiger partial charge in [-0.1, -0.05) is 67.9 Å². The summed E-state index contributed by atoms with van der Waals surface area (Å²) in [6.45, 7) is 3.82. The van der Waals surface area contributed by atoms with Gasteiger partial charge in [-0.05, 0) is 72.7 Å². The van der Waals surface area contributed by atoms with Gasteiger partial charge in [-0.15, -0.1) is 19.8 Å². The number of allylic oxidation sites excluding steroid dienone is 1. The highest BCUT2D eigenvalue weighted by Gasteiger charge is 2.32. The lowest BCUT2D eigenvalue weighted by atomic mass is 9.78. The van der Waals surface area contributed by atoms with Gasteiger partial charge in [-0.25, -0.2) is 8.78 Å². The van der Waals surface area contributed by atoms with Crippen LogP contribution in [0.2, 0.25) is 0 Å². The van der Waals surface area contributed by atoms with E-state index < -0.39 is 23.7 Å². The lowest BCUT2D eigenvalue weighted by Crippen LogP contribution is -2.17. The molecule has 1 aliphatic carbocycles. The zero-order valence-electron chi connectivity index (χ0n) is 20.5. The molecule has 0 N–H and O–H groups in total. The molecule has 6 heteroatoms. The standard InChI is InChI=1S/C31H29F5O/c1-2-3-4-21-5-7-22(8-6-21)9-10-23-12-17-27-26(19-23)16-15-25(30(27)33)14-11-24-13-18-29(28(32)20-24)37-31(34,35)36/h2,12-13,15-22H,1,3-10H2. The predicted molar refractivity (Wildman–Crippen MR) is 136 cm³/mol. The van der Waals surface area contributed by atoms with Gasteiger partial charge in [-0.2, -0.15) is 0 Å². The Hall–Kier alpha value is -3.33. The number of hydrogen-bond donors (Lipinski definition) is 0. The molecule has 0 aromatic heterocycles. The normalized spacial score (nSPS) is 17.8. The summed E-state index contributed by atoms with van der Waals surface area (Å²) < 4.78 is 69.5. The molecule has 3 aromatic carbocycles. The second-order valence-corrected chi connectivity index (χ2v) is 9.72. The van der Waals surface area contributed by atoms with Gasteiger partial charge in [0.25, 0.3) is 0 Å². The second kappa shape index (κ2) is 11.8. The second-order valence-electron chi connectivity index (χ2n) is 9.72. The molecule has 1 aliphatic rings. The molecule has 0 spiro atoms. The molecule has 0 unspecified atom stereocenters. The molecule has 194 valence electrons. The van der Waals surface area contributed by atoms with E-state index in [9.17, 15) is 17.6 Å². The number of hydrogen-bond acceptors (Lipinski definition) is 1. The third kappa shape index (κ3) is 7.35. The van der Waals surface area contributed by atoms with Crippen LogP contribution < -0.4 is 4.74 Å². The van der Waals surface area contributed by atoms with Gasteiger partial charge in [0, 0.05) is 10.9 Å². The Kier molecular flexibility index (Phi) is 8.53. The quantitative estimate of drug-likeness (QED) is 0.174. The molecule has 0 saturated heterocycles. The minimum atomic E-state index is -4.99. The minimum absolute atomic E-state index is 0.108. The van der Waals surface area contributed by atoms with Gasteiger partial charge in [0.1, 0.15) is 5.82 Å². The molecule has 3 aromatic rings. The third-order valence-corrected chi connectivity index (χ3v) is 7.10. The molecule has 0 amide bonds. The fourth-order valence-electron chi connectivity index (χ4n) is 5.05. The molecule has 1 fully saturated rings. The van der Waals surface area contributed by atoms with Crippen molar-refractivity contribution in [1.29, 1.82) is 0 Å². The third-order valence-electron chi connectivity index (χ3n) is 7.10. The number of alkyl halides is 3. The fraction of sp³-hybridized carbons (Fsp3) is 0.355. The first-order valence-electron chi connectivity index (χ1n) is 12.6. The summed E-state index contributed by atoms with van der Waals surface area (Å²) in [7, 11) is 0. The average molecular weight is 513 g/mol. The minimum Gasteiger partial charge on any atom is -0.403 e. The molecular weight excluding hydrogens is 483 g/mol. The van der Waals surface area contributed by atoms with Crippen molar-refractivity contribution < 1.29 is 26.7 Å². The largest absolute Gasteiger partial charge is 0.573 e. The van der Waals surface area contributed by atoms with Crippen LogP contribution in [0.5, 0.6) is 5.75 Å². The Bertz CT molecular complexity index is 1310. The molecule has 4 rings (SSSR count). The molecule has 1 nitrogen and oxygen atoms in total. The number of ether oxygens (including phenoxy) is 1. The maximum absolute atomic E-state index is 15.1. The van der Waals surface area contributed by atoms with Gasteiger partial charge in [0.15, 0.2) is 11.6 Å².